The Labute approximate surface area is 161 Å². The van der Waals surface area contributed by atoms with E-state index in [0.29, 0.717) is 30.2 Å². The van der Waals surface area contributed by atoms with Crippen molar-refractivity contribution in [2.24, 2.45) is 0 Å². The number of allylic oxidation sites excluding steroid dienone is 1. The first-order chi connectivity index (χ1) is 12.4. The Bertz CT molecular complexity index is 769. The van der Waals surface area contributed by atoms with Crippen LogP contribution < -0.4 is 4.74 Å². The Morgan fingerprint density at radius 3 is 2.65 bits per heavy atom. The molecule has 2 rings (SSSR count). The van der Waals surface area contributed by atoms with Crippen molar-refractivity contribution < 1.29 is 23.8 Å². The lowest BCUT2D eigenvalue weighted by Crippen LogP contribution is -2.28. The van der Waals surface area contributed by atoms with Crippen molar-refractivity contribution >= 4 is 33.9 Å². The molecule has 6 nitrogen and oxygen atoms in total. The molecule has 1 amide bonds. The van der Waals surface area contributed by atoms with Gasteiger partial charge in [0.25, 0.3) is 5.91 Å². The molecule has 0 N–H and O–H groups in total. The van der Waals surface area contributed by atoms with Crippen molar-refractivity contribution in [1.82, 2.24) is 4.90 Å². The SMILES string of the molecule is CCOC(=O)C1=C(C)N(CCOC)C(=O)/C1=C/c1cc(Br)ccc1OC. The summed E-state index contributed by atoms with van der Waals surface area (Å²) >= 11 is 3.42. The zero-order valence-electron chi connectivity index (χ0n) is 15.3. The van der Waals surface area contributed by atoms with Gasteiger partial charge in [0.2, 0.25) is 0 Å². The molecule has 0 radical (unpaired) electrons. The lowest BCUT2D eigenvalue weighted by Gasteiger charge is -2.16. The Kier molecular flexibility index (Phi) is 6.99. The molecule has 1 heterocycles. The molecule has 140 valence electrons. The molecule has 0 aromatic heterocycles. The van der Waals surface area contributed by atoms with Crippen LogP contribution >= 0.6 is 15.9 Å². The average molecular weight is 424 g/mol. The molecule has 0 saturated carbocycles. The second kappa shape index (κ2) is 9.00. The molecule has 1 aromatic rings. The maximum absolute atomic E-state index is 12.9. The van der Waals surface area contributed by atoms with Crippen molar-refractivity contribution in [2.45, 2.75) is 13.8 Å². The number of carbonyl (C=O) groups excluding carboxylic acids is 2. The highest BCUT2D eigenvalue weighted by atomic mass is 79.9. The van der Waals surface area contributed by atoms with Gasteiger partial charge in [-0.05, 0) is 38.1 Å². The summed E-state index contributed by atoms with van der Waals surface area (Å²) in [5, 5.41) is 0. The van der Waals surface area contributed by atoms with Crippen LogP contribution in [0.2, 0.25) is 0 Å². The van der Waals surface area contributed by atoms with Gasteiger partial charge in [0.05, 0.1) is 31.5 Å². The number of methoxy groups -OCH3 is 2. The molecule has 1 aromatic carbocycles. The minimum absolute atomic E-state index is 0.232. The lowest BCUT2D eigenvalue weighted by atomic mass is 10.0. The van der Waals surface area contributed by atoms with Crippen LogP contribution in [0.3, 0.4) is 0 Å². The van der Waals surface area contributed by atoms with E-state index in [9.17, 15) is 9.59 Å². The lowest BCUT2D eigenvalue weighted by molar-refractivity contribution is -0.138. The highest BCUT2D eigenvalue weighted by molar-refractivity contribution is 9.10. The van der Waals surface area contributed by atoms with Gasteiger partial charge >= 0.3 is 5.97 Å². The van der Waals surface area contributed by atoms with Crippen LogP contribution in [0.15, 0.2) is 39.5 Å². The van der Waals surface area contributed by atoms with Gasteiger partial charge in [-0.15, -0.1) is 0 Å². The van der Waals surface area contributed by atoms with Crippen LogP contribution in [0, 0.1) is 0 Å². The van der Waals surface area contributed by atoms with E-state index in [2.05, 4.69) is 15.9 Å². The van der Waals surface area contributed by atoms with E-state index in [1.54, 1.807) is 40.2 Å². The number of rotatable bonds is 7. The normalized spacial score (nSPS) is 15.8. The van der Waals surface area contributed by atoms with E-state index in [0.717, 1.165) is 4.47 Å². The molecule has 0 spiro atoms. The summed E-state index contributed by atoms with van der Waals surface area (Å²) in [5.41, 5.74) is 1.81. The van der Waals surface area contributed by atoms with Gasteiger partial charge < -0.3 is 19.1 Å². The van der Waals surface area contributed by atoms with Crippen molar-refractivity contribution in [3.05, 3.63) is 45.1 Å². The Morgan fingerprint density at radius 1 is 1.31 bits per heavy atom. The molecule has 0 bridgehead atoms. The highest BCUT2D eigenvalue weighted by Crippen LogP contribution is 2.34. The first-order valence-electron chi connectivity index (χ1n) is 8.19. The summed E-state index contributed by atoms with van der Waals surface area (Å²) in [4.78, 5) is 26.9. The molecular weight excluding hydrogens is 402 g/mol. The Hall–Kier alpha value is -2.12. The predicted octanol–water partition coefficient (Wildman–Crippen LogP) is 3.17. The first kappa shape index (κ1) is 20.2. The molecular formula is C19H22BrNO5. The summed E-state index contributed by atoms with van der Waals surface area (Å²) in [6, 6.07) is 5.46. The fourth-order valence-corrected chi connectivity index (χ4v) is 3.13. The first-order valence-corrected chi connectivity index (χ1v) is 8.98. The Balaban J connectivity index is 2.55. The molecule has 0 saturated heterocycles. The van der Waals surface area contributed by atoms with Crippen LogP contribution in [0.4, 0.5) is 0 Å². The van der Waals surface area contributed by atoms with Gasteiger partial charge in [0.1, 0.15) is 5.75 Å². The molecule has 0 unspecified atom stereocenters. The topological polar surface area (TPSA) is 65.1 Å². The van der Waals surface area contributed by atoms with E-state index in [1.165, 1.54) is 4.90 Å². The maximum atomic E-state index is 12.9. The van der Waals surface area contributed by atoms with Crippen LogP contribution in [0.1, 0.15) is 19.4 Å². The van der Waals surface area contributed by atoms with Crippen molar-refractivity contribution in [2.75, 3.05) is 34.0 Å². The van der Waals surface area contributed by atoms with Crippen LogP contribution in [0.5, 0.6) is 5.75 Å². The third kappa shape index (κ3) is 4.16. The number of benzene rings is 1. The molecule has 1 aliphatic heterocycles. The van der Waals surface area contributed by atoms with Gasteiger partial charge in [0.15, 0.2) is 0 Å². The molecule has 0 fully saturated rings. The van der Waals surface area contributed by atoms with E-state index >= 15 is 0 Å². The average Bonchev–Trinajstić information content (AvgIpc) is 2.84. The summed E-state index contributed by atoms with van der Waals surface area (Å²) in [7, 11) is 3.12. The Morgan fingerprint density at radius 2 is 2.04 bits per heavy atom. The van der Waals surface area contributed by atoms with Gasteiger partial charge in [-0.2, -0.15) is 0 Å². The van der Waals surface area contributed by atoms with Crippen molar-refractivity contribution in [1.29, 1.82) is 0 Å². The molecule has 0 aliphatic carbocycles. The molecule has 26 heavy (non-hydrogen) atoms. The quantitative estimate of drug-likeness (QED) is 0.497. The zero-order chi connectivity index (χ0) is 19.3. The van der Waals surface area contributed by atoms with Gasteiger partial charge in [-0.1, -0.05) is 15.9 Å². The fourth-order valence-electron chi connectivity index (χ4n) is 2.75. The van der Waals surface area contributed by atoms with Crippen LogP contribution in [-0.2, 0) is 19.1 Å². The monoisotopic (exact) mass is 423 g/mol. The van der Waals surface area contributed by atoms with Crippen molar-refractivity contribution in [3.63, 3.8) is 0 Å². The molecule has 0 atom stereocenters. The summed E-state index contributed by atoms with van der Waals surface area (Å²) in [6.07, 6.45) is 1.66. The summed E-state index contributed by atoms with van der Waals surface area (Å²) < 4.78 is 16.4. The summed E-state index contributed by atoms with van der Waals surface area (Å²) in [6.45, 7) is 4.42. The molecule has 1 aliphatic rings. The second-order valence-electron chi connectivity index (χ2n) is 5.57. The van der Waals surface area contributed by atoms with Gasteiger partial charge in [-0.25, -0.2) is 4.79 Å². The van der Waals surface area contributed by atoms with E-state index < -0.39 is 5.97 Å². The number of hydrogen-bond acceptors (Lipinski definition) is 5. The number of ether oxygens (including phenoxy) is 3. The van der Waals surface area contributed by atoms with E-state index in [-0.39, 0.29) is 23.7 Å². The second-order valence-corrected chi connectivity index (χ2v) is 6.49. The minimum atomic E-state index is -0.515. The third-order valence-electron chi connectivity index (χ3n) is 4.00. The van der Waals surface area contributed by atoms with Crippen LogP contribution in [0.25, 0.3) is 6.08 Å². The minimum Gasteiger partial charge on any atom is -0.496 e. The largest absolute Gasteiger partial charge is 0.496 e. The standard InChI is InChI=1S/C19H22BrNO5/c1-5-26-19(23)17-12(2)21(8-9-24-3)18(22)15(17)11-13-10-14(20)6-7-16(13)25-4/h6-7,10-11H,5,8-9H2,1-4H3/b15-11+. The van der Waals surface area contributed by atoms with Crippen LogP contribution in [-0.4, -0.2) is 50.8 Å². The van der Waals surface area contributed by atoms with Crippen molar-refractivity contribution in [3.8, 4) is 5.75 Å². The smallest absolute Gasteiger partial charge is 0.340 e. The molecule has 7 heteroatoms. The number of hydrogen-bond donors (Lipinski definition) is 0. The van der Waals surface area contributed by atoms with Gasteiger partial charge in [-0.3, -0.25) is 4.79 Å². The number of carbonyl (C=O) groups is 2. The highest BCUT2D eigenvalue weighted by Gasteiger charge is 2.37. The number of amides is 1. The summed E-state index contributed by atoms with van der Waals surface area (Å²) in [5.74, 6) is -0.173. The predicted molar refractivity (Wildman–Crippen MR) is 102 cm³/mol. The number of halogens is 1. The third-order valence-corrected chi connectivity index (χ3v) is 4.49. The zero-order valence-corrected chi connectivity index (χ0v) is 16.9. The number of nitrogens with zero attached hydrogens (tertiary/aromatic N) is 1. The maximum Gasteiger partial charge on any atom is 0.340 e. The number of esters is 1. The fraction of sp³-hybridized carbons (Fsp3) is 0.368. The van der Waals surface area contributed by atoms with Gasteiger partial charge in [0, 0.05) is 29.4 Å². The van der Waals surface area contributed by atoms with E-state index in [4.69, 9.17) is 14.2 Å². The van der Waals surface area contributed by atoms with E-state index in [1.807, 2.05) is 12.1 Å².